The minimum atomic E-state index is -0.272. The number of hydrogen-bond donors (Lipinski definition) is 1. The first kappa shape index (κ1) is 10.5. The summed E-state index contributed by atoms with van der Waals surface area (Å²) in [5, 5.41) is 17.9. The highest BCUT2D eigenvalue weighted by Gasteiger charge is 2.27. The van der Waals surface area contributed by atoms with Crippen molar-refractivity contribution in [3.8, 4) is 6.07 Å². The molecule has 1 fully saturated rings. The topological polar surface area (TPSA) is 47.3 Å². The summed E-state index contributed by atoms with van der Waals surface area (Å²) in [5.41, 5.74) is 0. The van der Waals surface area contributed by atoms with Crippen LogP contribution >= 0.6 is 0 Å². The molecule has 0 amide bonds. The van der Waals surface area contributed by atoms with Crippen LogP contribution in [0.1, 0.15) is 26.2 Å². The van der Waals surface area contributed by atoms with Crippen LogP contribution in [0.25, 0.3) is 0 Å². The molecule has 1 rings (SSSR count). The van der Waals surface area contributed by atoms with E-state index < -0.39 is 0 Å². The Morgan fingerprint density at radius 3 is 2.77 bits per heavy atom. The second-order valence-electron chi connectivity index (χ2n) is 4.08. The van der Waals surface area contributed by atoms with Crippen molar-refractivity contribution in [2.75, 3.05) is 13.6 Å². The van der Waals surface area contributed by atoms with Crippen molar-refractivity contribution in [3.63, 3.8) is 0 Å². The maximum atomic E-state index is 9.20. The highest BCUT2D eigenvalue weighted by atomic mass is 16.3. The molecule has 1 aliphatic carbocycles. The summed E-state index contributed by atoms with van der Waals surface area (Å²) in [5.74, 6) is 0.237. The molecule has 3 atom stereocenters. The van der Waals surface area contributed by atoms with E-state index in [1.165, 1.54) is 0 Å². The third-order valence-electron chi connectivity index (χ3n) is 2.76. The third kappa shape index (κ3) is 2.98. The molecule has 0 radical (unpaired) electrons. The van der Waals surface area contributed by atoms with Crippen molar-refractivity contribution in [3.05, 3.63) is 0 Å². The summed E-state index contributed by atoms with van der Waals surface area (Å²) in [4.78, 5) is 2.17. The maximum Gasteiger partial charge on any atom is 0.0656 e. The lowest BCUT2D eigenvalue weighted by Gasteiger charge is -2.25. The van der Waals surface area contributed by atoms with Crippen LogP contribution in [-0.4, -0.2) is 35.7 Å². The van der Waals surface area contributed by atoms with E-state index >= 15 is 0 Å². The summed E-state index contributed by atoms with van der Waals surface area (Å²) in [6.07, 6.45) is 2.82. The van der Waals surface area contributed by atoms with Crippen molar-refractivity contribution in [1.29, 1.82) is 5.26 Å². The SMILES string of the molecule is C[C@@H](O)CN(C)C1CCC(C#N)C1. The van der Waals surface area contributed by atoms with Gasteiger partial charge >= 0.3 is 0 Å². The van der Waals surface area contributed by atoms with E-state index in [-0.39, 0.29) is 12.0 Å². The Morgan fingerprint density at radius 1 is 1.62 bits per heavy atom. The van der Waals surface area contributed by atoms with Crippen molar-refractivity contribution >= 4 is 0 Å². The fourth-order valence-electron chi connectivity index (χ4n) is 2.04. The Kier molecular flexibility index (Phi) is 3.71. The second-order valence-corrected chi connectivity index (χ2v) is 4.08. The molecule has 74 valence electrons. The average molecular weight is 182 g/mol. The largest absolute Gasteiger partial charge is 0.392 e. The number of hydrogen-bond acceptors (Lipinski definition) is 3. The van der Waals surface area contributed by atoms with Gasteiger partial charge in [-0.1, -0.05) is 0 Å². The van der Waals surface area contributed by atoms with Crippen LogP contribution in [0.2, 0.25) is 0 Å². The van der Waals surface area contributed by atoms with Gasteiger partial charge in [0, 0.05) is 18.5 Å². The molecule has 1 N–H and O–H groups in total. The van der Waals surface area contributed by atoms with Gasteiger partial charge in [0.15, 0.2) is 0 Å². The van der Waals surface area contributed by atoms with E-state index in [9.17, 15) is 5.11 Å². The van der Waals surface area contributed by atoms with E-state index in [4.69, 9.17) is 5.26 Å². The molecule has 0 heterocycles. The minimum Gasteiger partial charge on any atom is -0.392 e. The second kappa shape index (κ2) is 4.59. The molecule has 0 aromatic heterocycles. The summed E-state index contributed by atoms with van der Waals surface area (Å²) in [6, 6.07) is 2.81. The molecular weight excluding hydrogens is 164 g/mol. The number of rotatable bonds is 3. The molecule has 0 aliphatic heterocycles. The number of nitriles is 1. The Labute approximate surface area is 80.0 Å². The van der Waals surface area contributed by atoms with E-state index in [0.29, 0.717) is 12.6 Å². The van der Waals surface area contributed by atoms with Crippen molar-refractivity contribution in [2.45, 2.75) is 38.3 Å². The Morgan fingerprint density at radius 2 is 2.31 bits per heavy atom. The molecule has 0 aromatic carbocycles. The zero-order valence-corrected chi connectivity index (χ0v) is 8.40. The molecule has 0 saturated heterocycles. The highest BCUT2D eigenvalue weighted by molar-refractivity contribution is 4.93. The minimum absolute atomic E-state index is 0.237. The van der Waals surface area contributed by atoms with Crippen LogP contribution in [0.5, 0.6) is 0 Å². The average Bonchev–Trinajstić information content (AvgIpc) is 2.50. The van der Waals surface area contributed by atoms with Gasteiger partial charge in [0.25, 0.3) is 0 Å². The zero-order chi connectivity index (χ0) is 9.84. The van der Waals surface area contributed by atoms with E-state index in [1.807, 2.05) is 7.05 Å². The van der Waals surface area contributed by atoms with Crippen molar-refractivity contribution < 1.29 is 5.11 Å². The molecule has 1 saturated carbocycles. The fourth-order valence-corrected chi connectivity index (χ4v) is 2.04. The molecule has 0 spiro atoms. The number of nitrogens with zero attached hydrogens (tertiary/aromatic N) is 2. The van der Waals surface area contributed by atoms with E-state index in [2.05, 4.69) is 11.0 Å². The van der Waals surface area contributed by atoms with Gasteiger partial charge in [-0.3, -0.25) is 0 Å². The molecule has 0 bridgehead atoms. The van der Waals surface area contributed by atoms with Gasteiger partial charge in [0.1, 0.15) is 0 Å². The van der Waals surface area contributed by atoms with Gasteiger partial charge in [-0.15, -0.1) is 0 Å². The van der Waals surface area contributed by atoms with Crippen LogP contribution in [0.3, 0.4) is 0 Å². The quantitative estimate of drug-likeness (QED) is 0.708. The van der Waals surface area contributed by atoms with Crippen LogP contribution < -0.4 is 0 Å². The van der Waals surface area contributed by atoms with Gasteiger partial charge in [-0.05, 0) is 33.2 Å². The van der Waals surface area contributed by atoms with Gasteiger partial charge in [0.2, 0.25) is 0 Å². The fraction of sp³-hybridized carbons (Fsp3) is 0.900. The first-order valence-corrected chi connectivity index (χ1v) is 4.91. The third-order valence-corrected chi connectivity index (χ3v) is 2.76. The first-order valence-electron chi connectivity index (χ1n) is 4.91. The standard InChI is InChI=1S/C10H18N2O/c1-8(13)7-12(2)10-4-3-9(5-10)6-11/h8-10,13H,3-5,7H2,1-2H3/t8-,9?,10?/m1/s1. The first-order chi connectivity index (χ1) is 6.13. The smallest absolute Gasteiger partial charge is 0.0656 e. The molecular formula is C10H18N2O. The summed E-state index contributed by atoms with van der Waals surface area (Å²) >= 11 is 0. The Hall–Kier alpha value is -0.590. The predicted octanol–water partition coefficient (Wildman–Crippen LogP) is 0.991. The monoisotopic (exact) mass is 182 g/mol. The summed E-state index contributed by atoms with van der Waals surface area (Å²) in [6.45, 7) is 2.51. The molecule has 13 heavy (non-hydrogen) atoms. The highest BCUT2D eigenvalue weighted by Crippen LogP contribution is 2.27. The predicted molar refractivity (Wildman–Crippen MR) is 51.1 cm³/mol. The zero-order valence-electron chi connectivity index (χ0n) is 8.40. The molecule has 3 nitrogen and oxygen atoms in total. The van der Waals surface area contributed by atoms with Crippen LogP contribution in [0, 0.1) is 17.2 Å². The number of aliphatic hydroxyl groups excluding tert-OH is 1. The maximum absolute atomic E-state index is 9.20. The molecule has 2 unspecified atom stereocenters. The van der Waals surface area contributed by atoms with Crippen LogP contribution in [-0.2, 0) is 0 Å². The van der Waals surface area contributed by atoms with Gasteiger partial charge in [-0.25, -0.2) is 0 Å². The number of likely N-dealkylation sites (N-methyl/N-ethyl adjacent to an activating group) is 1. The lowest BCUT2D eigenvalue weighted by Crippen LogP contribution is -2.35. The van der Waals surface area contributed by atoms with Gasteiger partial charge < -0.3 is 10.0 Å². The van der Waals surface area contributed by atoms with Gasteiger partial charge in [0.05, 0.1) is 12.2 Å². The Bertz CT molecular complexity index is 198. The van der Waals surface area contributed by atoms with E-state index in [1.54, 1.807) is 6.92 Å². The van der Waals surface area contributed by atoms with E-state index in [0.717, 1.165) is 19.3 Å². The van der Waals surface area contributed by atoms with Crippen LogP contribution in [0.15, 0.2) is 0 Å². The molecule has 3 heteroatoms. The van der Waals surface area contributed by atoms with Gasteiger partial charge in [-0.2, -0.15) is 5.26 Å². The number of aliphatic hydroxyl groups is 1. The summed E-state index contributed by atoms with van der Waals surface area (Å²) in [7, 11) is 2.02. The van der Waals surface area contributed by atoms with Crippen molar-refractivity contribution in [1.82, 2.24) is 4.90 Å². The molecule has 0 aromatic rings. The van der Waals surface area contributed by atoms with Crippen LogP contribution in [0.4, 0.5) is 0 Å². The normalized spacial score (nSPS) is 30.4. The lowest BCUT2D eigenvalue weighted by molar-refractivity contribution is 0.117. The summed E-state index contributed by atoms with van der Waals surface area (Å²) < 4.78 is 0. The lowest BCUT2D eigenvalue weighted by atomic mass is 10.1. The van der Waals surface area contributed by atoms with Crippen molar-refractivity contribution in [2.24, 2.45) is 5.92 Å². The Balaban J connectivity index is 2.34. The molecule has 1 aliphatic rings.